The number of carbonyl (C=O) groups excluding carboxylic acids is 2. The van der Waals surface area contributed by atoms with E-state index in [-0.39, 0.29) is 6.54 Å². The molecule has 1 amide bonds. The molecule has 0 unspecified atom stereocenters. The molecule has 1 N–H and O–H groups in total. The molecule has 0 spiro atoms. The minimum atomic E-state index is -3.40. The molecular formula is C26H31F2NO5S. The van der Waals surface area contributed by atoms with E-state index in [0.29, 0.717) is 24.3 Å². The molecule has 2 atom stereocenters. The summed E-state index contributed by atoms with van der Waals surface area (Å²) in [6, 6.07) is 12.8. The van der Waals surface area contributed by atoms with Gasteiger partial charge in [-0.25, -0.2) is 4.79 Å². The quantitative estimate of drug-likeness (QED) is 0.237. The Bertz CT molecular complexity index is 995. The number of amides is 1. The van der Waals surface area contributed by atoms with Crippen LogP contribution in [0.1, 0.15) is 42.5 Å². The predicted octanol–water partition coefficient (Wildman–Crippen LogP) is 5.39. The highest BCUT2D eigenvalue weighted by Gasteiger charge is 2.52. The highest BCUT2D eigenvalue weighted by Crippen LogP contribution is 2.34. The Morgan fingerprint density at radius 2 is 1.97 bits per heavy atom. The van der Waals surface area contributed by atoms with E-state index in [2.05, 4.69) is 16.9 Å². The Hall–Kier alpha value is -2.78. The number of carbonyl (C=O) groups is 2. The Balaban J connectivity index is 1.46. The lowest BCUT2D eigenvalue weighted by molar-refractivity contribution is -0.148. The SMILES string of the molecule is COC(=O)Oc1ccc(CCCN2C(=O)C(F)(F)C[C@@H]2/C=C/[C@@H](O)CCCCc2ccccc2)s1. The van der Waals surface area contributed by atoms with Gasteiger partial charge in [-0.05, 0) is 49.8 Å². The molecule has 2 aromatic rings. The summed E-state index contributed by atoms with van der Waals surface area (Å²) in [7, 11) is 1.22. The van der Waals surface area contributed by atoms with Crippen LogP contribution in [0, 0.1) is 0 Å². The topological polar surface area (TPSA) is 76.1 Å². The molecule has 35 heavy (non-hydrogen) atoms. The van der Waals surface area contributed by atoms with Crippen LogP contribution < -0.4 is 4.74 Å². The van der Waals surface area contributed by atoms with E-state index < -0.39 is 36.6 Å². The van der Waals surface area contributed by atoms with Crippen molar-refractivity contribution in [2.45, 2.75) is 63.0 Å². The highest BCUT2D eigenvalue weighted by atomic mass is 32.1. The summed E-state index contributed by atoms with van der Waals surface area (Å²) in [6.07, 6.45) is 5.16. The maximum atomic E-state index is 14.1. The largest absolute Gasteiger partial charge is 0.514 e. The van der Waals surface area contributed by atoms with Crippen LogP contribution in [-0.2, 0) is 22.4 Å². The van der Waals surface area contributed by atoms with E-state index in [1.54, 1.807) is 12.1 Å². The predicted molar refractivity (Wildman–Crippen MR) is 130 cm³/mol. The molecule has 0 saturated carbocycles. The Morgan fingerprint density at radius 1 is 1.20 bits per heavy atom. The fourth-order valence-electron chi connectivity index (χ4n) is 4.04. The van der Waals surface area contributed by atoms with Gasteiger partial charge < -0.3 is 19.5 Å². The number of likely N-dealkylation sites (tertiary alicyclic amines) is 1. The van der Waals surface area contributed by atoms with Crippen molar-refractivity contribution in [3.63, 3.8) is 0 Å². The second-order valence-electron chi connectivity index (χ2n) is 8.54. The van der Waals surface area contributed by atoms with E-state index in [0.717, 1.165) is 24.1 Å². The lowest BCUT2D eigenvalue weighted by Crippen LogP contribution is -2.36. The standard InChI is InChI=1S/C26H31F2NO5S/c1-33-25(32)34-23-16-15-22(35-23)12-7-17-29-20(18-26(27,28)24(29)31)13-14-21(30)11-6-5-10-19-8-3-2-4-9-19/h2-4,8-9,13-16,20-21,30H,5-7,10-12,17-18H2,1H3/b14-13+/t20-,21-/m0/s1. The van der Waals surface area contributed by atoms with Crippen LogP contribution in [0.4, 0.5) is 13.6 Å². The van der Waals surface area contributed by atoms with E-state index >= 15 is 0 Å². The molecule has 2 heterocycles. The third-order valence-corrected chi connectivity index (χ3v) is 6.89. The van der Waals surface area contributed by atoms with Gasteiger partial charge >= 0.3 is 12.1 Å². The number of methoxy groups -OCH3 is 1. The summed E-state index contributed by atoms with van der Waals surface area (Å²) in [6.45, 7) is 0.168. The third-order valence-electron chi connectivity index (χ3n) is 5.86. The van der Waals surface area contributed by atoms with Crippen molar-refractivity contribution < 1.29 is 33.0 Å². The zero-order valence-corrected chi connectivity index (χ0v) is 20.5. The summed E-state index contributed by atoms with van der Waals surface area (Å²) >= 11 is 1.26. The zero-order chi connectivity index (χ0) is 25.3. The molecule has 1 fully saturated rings. The first kappa shape index (κ1) is 26.8. The molecule has 6 nitrogen and oxygen atoms in total. The number of aryl methyl sites for hydroxylation is 2. The van der Waals surface area contributed by atoms with Crippen LogP contribution in [-0.4, -0.2) is 53.8 Å². The van der Waals surface area contributed by atoms with Gasteiger partial charge in [-0.15, -0.1) is 11.3 Å². The lowest BCUT2D eigenvalue weighted by atomic mass is 10.0. The van der Waals surface area contributed by atoms with Crippen molar-refractivity contribution in [3.8, 4) is 5.06 Å². The minimum Gasteiger partial charge on any atom is -0.437 e. The maximum absolute atomic E-state index is 14.1. The number of hydrogen-bond acceptors (Lipinski definition) is 6. The smallest absolute Gasteiger partial charge is 0.437 e. The van der Waals surface area contributed by atoms with Gasteiger partial charge in [0, 0.05) is 17.8 Å². The van der Waals surface area contributed by atoms with Crippen molar-refractivity contribution in [2.75, 3.05) is 13.7 Å². The van der Waals surface area contributed by atoms with Crippen molar-refractivity contribution >= 4 is 23.4 Å². The zero-order valence-electron chi connectivity index (χ0n) is 19.7. The maximum Gasteiger partial charge on any atom is 0.514 e. The van der Waals surface area contributed by atoms with Gasteiger partial charge in [0.2, 0.25) is 0 Å². The number of hydrogen-bond donors (Lipinski definition) is 1. The fourth-order valence-corrected chi connectivity index (χ4v) is 4.92. The van der Waals surface area contributed by atoms with E-state index in [1.165, 1.54) is 41.1 Å². The van der Waals surface area contributed by atoms with Gasteiger partial charge in [-0.2, -0.15) is 8.78 Å². The average Bonchev–Trinajstić information content (AvgIpc) is 3.37. The molecule has 1 aliphatic heterocycles. The number of thiophene rings is 1. The van der Waals surface area contributed by atoms with Crippen molar-refractivity contribution in [1.29, 1.82) is 0 Å². The van der Waals surface area contributed by atoms with Gasteiger partial charge in [0.05, 0.1) is 19.3 Å². The number of aliphatic hydroxyl groups excluding tert-OH is 1. The molecule has 3 rings (SSSR count). The summed E-state index contributed by atoms with van der Waals surface area (Å²) in [5.41, 5.74) is 1.25. The normalized spacial score (nSPS) is 18.2. The van der Waals surface area contributed by atoms with Gasteiger partial charge in [0.25, 0.3) is 5.91 Å². The molecule has 1 aliphatic rings. The molecule has 1 aromatic carbocycles. The first-order valence-corrected chi connectivity index (χ1v) is 12.5. The van der Waals surface area contributed by atoms with Gasteiger partial charge in [-0.1, -0.05) is 48.9 Å². The van der Waals surface area contributed by atoms with E-state index in [1.807, 2.05) is 18.2 Å². The lowest BCUT2D eigenvalue weighted by Gasteiger charge is -2.22. The van der Waals surface area contributed by atoms with E-state index in [4.69, 9.17) is 4.74 Å². The average molecular weight is 508 g/mol. The molecule has 0 radical (unpaired) electrons. The van der Waals surface area contributed by atoms with Gasteiger partial charge in [0.15, 0.2) is 5.06 Å². The molecular weight excluding hydrogens is 476 g/mol. The van der Waals surface area contributed by atoms with Crippen molar-refractivity contribution in [3.05, 3.63) is 65.1 Å². The summed E-state index contributed by atoms with van der Waals surface area (Å²) in [5.74, 6) is -4.58. The number of aliphatic hydroxyl groups is 1. The monoisotopic (exact) mass is 507 g/mol. The highest BCUT2D eigenvalue weighted by molar-refractivity contribution is 7.13. The molecule has 9 heteroatoms. The number of ether oxygens (including phenoxy) is 2. The van der Waals surface area contributed by atoms with Crippen LogP contribution in [0.25, 0.3) is 0 Å². The number of unbranched alkanes of at least 4 members (excludes halogenated alkanes) is 1. The van der Waals surface area contributed by atoms with Crippen LogP contribution in [0.3, 0.4) is 0 Å². The van der Waals surface area contributed by atoms with Gasteiger partial charge in [0.1, 0.15) is 0 Å². The first-order chi connectivity index (χ1) is 16.8. The van der Waals surface area contributed by atoms with Crippen LogP contribution in [0.15, 0.2) is 54.6 Å². The van der Waals surface area contributed by atoms with Crippen LogP contribution in [0.2, 0.25) is 0 Å². The Morgan fingerprint density at radius 3 is 2.71 bits per heavy atom. The first-order valence-electron chi connectivity index (χ1n) is 11.7. The summed E-state index contributed by atoms with van der Waals surface area (Å²) in [4.78, 5) is 25.5. The molecule has 1 aromatic heterocycles. The van der Waals surface area contributed by atoms with Crippen LogP contribution >= 0.6 is 11.3 Å². The molecule has 190 valence electrons. The molecule has 0 bridgehead atoms. The van der Waals surface area contributed by atoms with Gasteiger partial charge in [-0.3, -0.25) is 4.79 Å². The number of nitrogens with zero attached hydrogens (tertiary/aromatic N) is 1. The van der Waals surface area contributed by atoms with Crippen molar-refractivity contribution in [2.24, 2.45) is 0 Å². The second-order valence-corrected chi connectivity index (χ2v) is 9.67. The van der Waals surface area contributed by atoms with E-state index in [9.17, 15) is 23.5 Å². The number of alkyl halides is 2. The Kier molecular flexibility index (Phi) is 9.80. The summed E-state index contributed by atoms with van der Waals surface area (Å²) in [5, 5.41) is 10.7. The Labute approximate surface area is 208 Å². The summed E-state index contributed by atoms with van der Waals surface area (Å²) < 4.78 is 37.7. The molecule has 1 saturated heterocycles. The number of benzene rings is 1. The fraction of sp³-hybridized carbons (Fsp3) is 0.462. The number of rotatable bonds is 12. The third kappa shape index (κ3) is 8.14. The minimum absolute atomic E-state index is 0.168. The second kappa shape index (κ2) is 12.8. The van der Waals surface area contributed by atoms with Crippen molar-refractivity contribution in [1.82, 2.24) is 4.90 Å². The molecule has 0 aliphatic carbocycles. The van der Waals surface area contributed by atoms with Crippen LogP contribution in [0.5, 0.6) is 5.06 Å². The number of halogens is 2.